The van der Waals surface area contributed by atoms with Crippen LogP contribution in [0.1, 0.15) is 36.0 Å². The molecule has 4 aliphatic carbocycles. The number of benzene rings is 6. The molecule has 58 heavy (non-hydrogen) atoms. The molecule has 3 unspecified atom stereocenters. The third-order valence-electron chi connectivity index (χ3n) is 12.1. The van der Waals surface area contributed by atoms with Crippen LogP contribution >= 0.6 is 0 Å². The Bertz CT molecular complexity index is 2750. The van der Waals surface area contributed by atoms with E-state index in [2.05, 4.69) is 217 Å². The fraction of sp³-hybridized carbons (Fsp3) is 0.107. The Morgan fingerprint density at radius 1 is 0.690 bits per heavy atom. The minimum absolute atomic E-state index is 0.569. The first-order chi connectivity index (χ1) is 28.6. The van der Waals surface area contributed by atoms with Gasteiger partial charge in [0.1, 0.15) is 0 Å². The molecule has 0 heterocycles. The molecule has 1 saturated carbocycles. The molecule has 3 atom stereocenters. The Labute approximate surface area is 342 Å². The van der Waals surface area contributed by atoms with E-state index in [0.717, 1.165) is 29.2 Å². The molecule has 0 spiro atoms. The Morgan fingerprint density at radius 3 is 2.09 bits per heavy atom. The number of fused-ring (bicyclic) bond motifs is 4. The monoisotopic (exact) mass is 744 g/mol. The maximum Gasteiger partial charge on any atom is 0.0487 e. The van der Waals surface area contributed by atoms with Gasteiger partial charge in [0.15, 0.2) is 0 Å². The minimum atomic E-state index is 0.569. The smallest absolute Gasteiger partial charge is 0.0487 e. The van der Waals surface area contributed by atoms with Crippen molar-refractivity contribution in [3.05, 3.63) is 229 Å². The number of anilines is 4. The van der Waals surface area contributed by atoms with Crippen molar-refractivity contribution < 1.29 is 0 Å². The number of hydrogen-bond acceptors (Lipinski definition) is 2. The van der Waals surface area contributed by atoms with Gasteiger partial charge in [0.25, 0.3) is 0 Å². The van der Waals surface area contributed by atoms with E-state index >= 15 is 0 Å². The second-order valence-electron chi connectivity index (χ2n) is 15.6. The summed E-state index contributed by atoms with van der Waals surface area (Å²) in [6.45, 7) is 7.09. The molecule has 2 heteroatoms. The van der Waals surface area contributed by atoms with Gasteiger partial charge in [-0.15, -0.1) is 0 Å². The summed E-state index contributed by atoms with van der Waals surface area (Å²) in [4.78, 5) is 4.76. The van der Waals surface area contributed by atoms with E-state index in [1.165, 1.54) is 55.8 Å². The molecule has 0 radical (unpaired) electrons. The lowest BCUT2D eigenvalue weighted by molar-refractivity contribution is 0.616. The number of hydrogen-bond donors (Lipinski definition) is 0. The van der Waals surface area contributed by atoms with Crippen LogP contribution in [0.3, 0.4) is 0 Å². The molecule has 10 rings (SSSR count). The molecule has 0 saturated heterocycles. The summed E-state index contributed by atoms with van der Waals surface area (Å²) in [5.74, 6) is 8.28. The summed E-state index contributed by atoms with van der Waals surface area (Å²) >= 11 is 0. The molecule has 2 nitrogen and oxygen atoms in total. The van der Waals surface area contributed by atoms with Crippen LogP contribution in [0.15, 0.2) is 212 Å². The molecule has 6 aromatic rings. The summed E-state index contributed by atoms with van der Waals surface area (Å²) in [6, 6.07) is 55.1. The van der Waals surface area contributed by atoms with Crippen molar-refractivity contribution in [3.8, 4) is 34.1 Å². The lowest BCUT2D eigenvalue weighted by Gasteiger charge is -2.28. The summed E-state index contributed by atoms with van der Waals surface area (Å²) < 4.78 is 0. The van der Waals surface area contributed by atoms with Gasteiger partial charge in [-0.05, 0) is 140 Å². The van der Waals surface area contributed by atoms with E-state index in [-0.39, 0.29) is 0 Å². The Morgan fingerprint density at radius 2 is 1.36 bits per heavy atom. The molecule has 0 amide bonds. The Hall–Kier alpha value is -7.08. The van der Waals surface area contributed by atoms with Gasteiger partial charge >= 0.3 is 0 Å². The average molecular weight is 745 g/mol. The first-order valence-corrected chi connectivity index (χ1v) is 20.4. The van der Waals surface area contributed by atoms with Crippen LogP contribution in [0.25, 0.3) is 33.4 Å². The normalized spacial score (nSPS) is 18.3. The highest BCUT2D eigenvalue weighted by Gasteiger charge is 2.55. The van der Waals surface area contributed by atoms with E-state index in [1.54, 1.807) is 5.57 Å². The zero-order valence-corrected chi connectivity index (χ0v) is 32.7. The molecule has 278 valence electrons. The minimum Gasteiger partial charge on any atom is -0.337 e. The first-order valence-electron chi connectivity index (χ1n) is 20.4. The molecule has 0 aromatic heterocycles. The molecule has 6 aromatic carbocycles. The highest BCUT2D eigenvalue weighted by molar-refractivity contribution is 5.93. The lowest BCUT2D eigenvalue weighted by Crippen LogP contribution is -2.19. The van der Waals surface area contributed by atoms with Crippen LogP contribution in [0, 0.1) is 23.7 Å². The third-order valence-corrected chi connectivity index (χ3v) is 12.1. The van der Waals surface area contributed by atoms with Gasteiger partial charge in [0.2, 0.25) is 0 Å². The van der Waals surface area contributed by atoms with Gasteiger partial charge in [0.05, 0.1) is 0 Å². The highest BCUT2D eigenvalue weighted by atomic mass is 15.1. The molecule has 0 aliphatic heterocycles. The SMILES string of the molecule is C=C/C=C(\CN(c1ccccc1)c1ccc(-c2cccc(-c3ccc(N(C4=CCC#CC=C4)c4ccc5c(c4)C4C6=C5C=CC(C)C64)cc3)c2)cc1)c1ccccc1. The molecule has 4 aliphatic rings. The maximum absolute atomic E-state index is 4.01. The summed E-state index contributed by atoms with van der Waals surface area (Å²) in [5.41, 5.74) is 18.9. The second kappa shape index (κ2) is 15.1. The number of allylic oxidation sites excluding steroid dienone is 9. The molecule has 0 bridgehead atoms. The number of rotatable bonds is 11. The summed E-state index contributed by atoms with van der Waals surface area (Å²) in [5, 5.41) is 0. The van der Waals surface area contributed by atoms with Crippen LogP contribution in [0.2, 0.25) is 0 Å². The van der Waals surface area contributed by atoms with Crippen LogP contribution in [0.5, 0.6) is 0 Å². The fourth-order valence-electron chi connectivity index (χ4n) is 9.22. The number of para-hydroxylation sites is 1. The molecule has 0 N–H and O–H groups in total. The zero-order chi connectivity index (χ0) is 39.0. The van der Waals surface area contributed by atoms with Gasteiger partial charge in [-0.1, -0.05) is 147 Å². The Balaban J connectivity index is 0.927. The molecule has 1 fully saturated rings. The van der Waals surface area contributed by atoms with E-state index in [0.29, 0.717) is 24.3 Å². The van der Waals surface area contributed by atoms with Gasteiger partial charge in [-0.3, -0.25) is 0 Å². The predicted octanol–water partition coefficient (Wildman–Crippen LogP) is 14.1. The van der Waals surface area contributed by atoms with Crippen LogP contribution in [0.4, 0.5) is 22.7 Å². The van der Waals surface area contributed by atoms with Crippen molar-refractivity contribution in [1.82, 2.24) is 0 Å². The van der Waals surface area contributed by atoms with Crippen LogP contribution in [-0.2, 0) is 0 Å². The average Bonchev–Trinajstić information content (AvgIpc) is 4.02. The molecular weight excluding hydrogens is 701 g/mol. The zero-order valence-electron chi connectivity index (χ0n) is 32.7. The summed E-state index contributed by atoms with van der Waals surface area (Å²) in [7, 11) is 0. The number of nitrogens with zero attached hydrogens (tertiary/aromatic N) is 2. The van der Waals surface area contributed by atoms with E-state index in [4.69, 9.17) is 0 Å². The van der Waals surface area contributed by atoms with Gasteiger partial charge < -0.3 is 9.80 Å². The van der Waals surface area contributed by atoms with E-state index in [1.807, 2.05) is 12.2 Å². The van der Waals surface area contributed by atoms with Gasteiger partial charge in [-0.25, -0.2) is 0 Å². The summed E-state index contributed by atoms with van der Waals surface area (Å²) in [6.07, 6.45) is 15.9. The maximum atomic E-state index is 4.01. The van der Waals surface area contributed by atoms with Crippen molar-refractivity contribution in [2.75, 3.05) is 16.3 Å². The van der Waals surface area contributed by atoms with Gasteiger partial charge in [0, 0.05) is 47.3 Å². The van der Waals surface area contributed by atoms with Crippen molar-refractivity contribution >= 4 is 33.9 Å². The first kappa shape index (κ1) is 35.3. The standard InChI is InChI=1S/C56H44N2/c1-3-15-45(40-16-8-6-9-17-40)38-57(46-20-12-7-13-21-46)47-29-25-41(26-30-47)43-18-14-19-44(36-43)42-27-31-49(32-28-42)58(48-22-10-4-5-11-23-48)50-33-35-51-52-34-24-39(2)54-55(52)56(54)53(51)37-50/h3,6-10,12-37,39,54,56H,1,11,38H2,2H3/b45-15+. The predicted molar refractivity (Wildman–Crippen MR) is 245 cm³/mol. The topological polar surface area (TPSA) is 6.48 Å². The van der Waals surface area contributed by atoms with Crippen molar-refractivity contribution in [2.45, 2.75) is 19.3 Å². The quantitative estimate of drug-likeness (QED) is 0.0963. The third kappa shape index (κ3) is 6.55. The van der Waals surface area contributed by atoms with Crippen molar-refractivity contribution in [3.63, 3.8) is 0 Å². The van der Waals surface area contributed by atoms with Crippen molar-refractivity contribution in [2.24, 2.45) is 11.8 Å². The fourth-order valence-corrected chi connectivity index (χ4v) is 9.22. The van der Waals surface area contributed by atoms with Gasteiger partial charge in [-0.2, -0.15) is 0 Å². The lowest BCUT2D eigenvalue weighted by atomic mass is 9.88. The largest absolute Gasteiger partial charge is 0.337 e. The van der Waals surface area contributed by atoms with E-state index in [9.17, 15) is 0 Å². The van der Waals surface area contributed by atoms with Crippen LogP contribution in [-0.4, -0.2) is 6.54 Å². The second-order valence-corrected chi connectivity index (χ2v) is 15.6. The molecular formula is C56H44N2. The van der Waals surface area contributed by atoms with Crippen LogP contribution < -0.4 is 9.80 Å². The highest BCUT2D eigenvalue weighted by Crippen LogP contribution is 2.68. The van der Waals surface area contributed by atoms with E-state index < -0.39 is 0 Å². The van der Waals surface area contributed by atoms with Crippen molar-refractivity contribution in [1.29, 1.82) is 0 Å². The Kier molecular flexibility index (Phi) is 9.21.